The zero-order valence-corrected chi connectivity index (χ0v) is 12.3. The maximum absolute atomic E-state index is 12.9. The van der Waals surface area contributed by atoms with E-state index in [4.69, 9.17) is 0 Å². The molecule has 20 heavy (non-hydrogen) atoms. The van der Waals surface area contributed by atoms with E-state index < -0.39 is 11.8 Å². The van der Waals surface area contributed by atoms with Crippen LogP contribution in [0.4, 0.5) is 8.78 Å². The predicted molar refractivity (Wildman–Crippen MR) is 75.9 cm³/mol. The number of halogens is 2. The van der Waals surface area contributed by atoms with Gasteiger partial charge in [-0.25, -0.2) is 8.78 Å². The summed E-state index contributed by atoms with van der Waals surface area (Å²) >= 11 is 0. The second kappa shape index (κ2) is 6.79. The first-order valence-corrected chi connectivity index (χ1v) is 6.61. The van der Waals surface area contributed by atoms with Gasteiger partial charge in [-0.15, -0.1) is 0 Å². The minimum atomic E-state index is -2.39. The number of nitrogens with one attached hydrogen (secondary N) is 2. The molecule has 1 aromatic rings. The van der Waals surface area contributed by atoms with Crippen LogP contribution in [0.1, 0.15) is 36.7 Å². The van der Waals surface area contributed by atoms with E-state index in [2.05, 4.69) is 10.6 Å². The molecule has 1 aromatic carbocycles. The third-order valence-corrected chi connectivity index (χ3v) is 3.71. The minimum absolute atomic E-state index is 0.159. The molecule has 0 saturated heterocycles. The summed E-state index contributed by atoms with van der Waals surface area (Å²) in [6.07, 6.45) is -2.39. The maximum Gasteiger partial charge on any atom is 0.251 e. The fourth-order valence-electron chi connectivity index (χ4n) is 1.69. The van der Waals surface area contributed by atoms with Crippen molar-refractivity contribution in [2.24, 2.45) is 5.41 Å². The molecule has 1 unspecified atom stereocenters. The van der Waals surface area contributed by atoms with Crippen molar-refractivity contribution in [3.05, 3.63) is 35.4 Å². The molecule has 0 bridgehead atoms. The molecule has 0 aromatic heterocycles. The van der Waals surface area contributed by atoms with E-state index in [1.807, 2.05) is 6.07 Å². The van der Waals surface area contributed by atoms with Gasteiger partial charge in [0.1, 0.15) is 0 Å². The number of hydrogen-bond donors (Lipinski definition) is 2. The van der Waals surface area contributed by atoms with E-state index in [0.717, 1.165) is 5.56 Å². The number of alkyl halides is 2. The van der Waals surface area contributed by atoms with E-state index in [1.165, 1.54) is 13.8 Å². The molecule has 0 fully saturated rings. The van der Waals surface area contributed by atoms with Crippen molar-refractivity contribution in [2.45, 2.75) is 39.8 Å². The van der Waals surface area contributed by atoms with Crippen LogP contribution >= 0.6 is 0 Å². The highest BCUT2D eigenvalue weighted by Crippen LogP contribution is 2.28. The Hall–Kier alpha value is -1.49. The molecule has 0 aliphatic carbocycles. The lowest BCUT2D eigenvalue weighted by Crippen LogP contribution is -2.43. The number of amides is 1. The fourth-order valence-corrected chi connectivity index (χ4v) is 1.69. The summed E-state index contributed by atoms with van der Waals surface area (Å²) in [4.78, 5) is 11.5. The van der Waals surface area contributed by atoms with E-state index in [9.17, 15) is 13.6 Å². The predicted octanol–water partition coefficient (Wildman–Crippen LogP) is 2.82. The first-order chi connectivity index (χ1) is 9.28. The van der Waals surface area contributed by atoms with Crippen LogP contribution in [0.3, 0.4) is 0 Å². The third-order valence-electron chi connectivity index (χ3n) is 3.71. The maximum atomic E-state index is 12.9. The number of carbonyl (C=O) groups is 1. The first-order valence-electron chi connectivity index (χ1n) is 6.61. The molecule has 5 heteroatoms. The summed E-state index contributed by atoms with van der Waals surface area (Å²) in [7, 11) is 1.57. The summed E-state index contributed by atoms with van der Waals surface area (Å²) < 4.78 is 25.8. The molecule has 3 nitrogen and oxygen atoms in total. The Morgan fingerprint density at radius 1 is 1.35 bits per heavy atom. The van der Waals surface area contributed by atoms with Crippen LogP contribution in [0.2, 0.25) is 0 Å². The Morgan fingerprint density at radius 2 is 2.00 bits per heavy atom. The normalized spacial score (nSPS) is 13.3. The molecule has 0 aliphatic heterocycles. The molecule has 1 amide bonds. The van der Waals surface area contributed by atoms with Crippen molar-refractivity contribution in [1.82, 2.24) is 10.6 Å². The monoisotopic (exact) mass is 284 g/mol. The highest BCUT2D eigenvalue weighted by molar-refractivity contribution is 5.94. The smallest absolute Gasteiger partial charge is 0.251 e. The standard InChI is InChI=1S/C15H22F2N2O/c1-10(15(2,3)14(16)17)19-9-11-6-5-7-12(8-11)13(20)18-4/h5-8,10,14,19H,9H2,1-4H3,(H,18,20). The Kier molecular flexibility index (Phi) is 5.62. The minimum Gasteiger partial charge on any atom is -0.355 e. The molecule has 0 spiro atoms. The molecule has 0 heterocycles. The van der Waals surface area contributed by atoms with Crippen LogP contribution in [-0.4, -0.2) is 25.4 Å². The number of benzene rings is 1. The number of rotatable bonds is 6. The lowest BCUT2D eigenvalue weighted by Gasteiger charge is -2.31. The van der Waals surface area contributed by atoms with Crippen LogP contribution in [-0.2, 0) is 6.54 Å². The zero-order chi connectivity index (χ0) is 15.3. The Morgan fingerprint density at radius 3 is 2.55 bits per heavy atom. The summed E-state index contributed by atoms with van der Waals surface area (Å²) in [5.41, 5.74) is 0.355. The molecular weight excluding hydrogens is 262 g/mol. The van der Waals surface area contributed by atoms with Gasteiger partial charge in [0.2, 0.25) is 6.43 Å². The van der Waals surface area contributed by atoms with Crippen LogP contribution in [0, 0.1) is 5.41 Å². The first kappa shape index (κ1) is 16.6. The van der Waals surface area contributed by atoms with Crippen LogP contribution in [0.15, 0.2) is 24.3 Å². The second-order valence-corrected chi connectivity index (χ2v) is 5.50. The summed E-state index contributed by atoms with van der Waals surface area (Å²) in [6, 6.07) is 6.78. The molecule has 2 N–H and O–H groups in total. The van der Waals surface area contributed by atoms with Crippen molar-refractivity contribution in [1.29, 1.82) is 0 Å². The summed E-state index contributed by atoms with van der Waals surface area (Å²) in [5.74, 6) is -0.159. The molecule has 0 radical (unpaired) electrons. The van der Waals surface area contributed by atoms with Gasteiger partial charge < -0.3 is 10.6 Å². The van der Waals surface area contributed by atoms with Gasteiger partial charge in [0, 0.05) is 30.6 Å². The summed E-state index contributed by atoms with van der Waals surface area (Å²) in [5, 5.41) is 5.65. The molecule has 1 rings (SSSR count). The van der Waals surface area contributed by atoms with Crippen LogP contribution in [0.25, 0.3) is 0 Å². The lowest BCUT2D eigenvalue weighted by molar-refractivity contribution is -0.00260. The molecule has 0 aliphatic rings. The van der Waals surface area contributed by atoms with Gasteiger partial charge in [0.25, 0.3) is 5.91 Å². The van der Waals surface area contributed by atoms with Crippen molar-refractivity contribution in [3.8, 4) is 0 Å². The molecule has 0 saturated carbocycles. The van der Waals surface area contributed by atoms with Crippen molar-refractivity contribution < 1.29 is 13.6 Å². The average molecular weight is 284 g/mol. The Labute approximate surface area is 118 Å². The van der Waals surface area contributed by atoms with Crippen LogP contribution < -0.4 is 10.6 Å². The Bertz CT molecular complexity index is 461. The van der Waals surface area contributed by atoms with Gasteiger partial charge in [-0.1, -0.05) is 26.0 Å². The van der Waals surface area contributed by atoms with Crippen molar-refractivity contribution in [3.63, 3.8) is 0 Å². The van der Waals surface area contributed by atoms with E-state index in [0.29, 0.717) is 12.1 Å². The van der Waals surface area contributed by atoms with Crippen molar-refractivity contribution >= 4 is 5.91 Å². The zero-order valence-electron chi connectivity index (χ0n) is 12.3. The quantitative estimate of drug-likeness (QED) is 0.843. The van der Waals surface area contributed by atoms with E-state index >= 15 is 0 Å². The van der Waals surface area contributed by atoms with Gasteiger partial charge in [0.15, 0.2) is 0 Å². The largest absolute Gasteiger partial charge is 0.355 e. The second-order valence-electron chi connectivity index (χ2n) is 5.50. The van der Waals surface area contributed by atoms with Gasteiger partial charge in [-0.3, -0.25) is 4.79 Å². The molecular formula is C15H22F2N2O. The van der Waals surface area contributed by atoms with Gasteiger partial charge in [-0.05, 0) is 24.6 Å². The van der Waals surface area contributed by atoms with Crippen LogP contribution in [0.5, 0.6) is 0 Å². The Balaban J connectivity index is 2.69. The van der Waals surface area contributed by atoms with E-state index in [1.54, 1.807) is 32.2 Å². The lowest BCUT2D eigenvalue weighted by atomic mass is 9.86. The number of hydrogen-bond acceptors (Lipinski definition) is 2. The third kappa shape index (κ3) is 4.00. The topological polar surface area (TPSA) is 41.1 Å². The van der Waals surface area contributed by atoms with Gasteiger partial charge in [-0.2, -0.15) is 0 Å². The fraction of sp³-hybridized carbons (Fsp3) is 0.533. The van der Waals surface area contributed by atoms with E-state index in [-0.39, 0.29) is 11.9 Å². The number of carbonyl (C=O) groups excluding carboxylic acids is 1. The molecule has 112 valence electrons. The average Bonchev–Trinajstić information content (AvgIpc) is 2.43. The highest BCUT2D eigenvalue weighted by Gasteiger charge is 2.35. The van der Waals surface area contributed by atoms with Gasteiger partial charge >= 0.3 is 0 Å². The van der Waals surface area contributed by atoms with Crippen molar-refractivity contribution in [2.75, 3.05) is 7.05 Å². The summed E-state index contributed by atoms with van der Waals surface area (Å²) in [6.45, 7) is 5.27. The van der Waals surface area contributed by atoms with Gasteiger partial charge in [0.05, 0.1) is 0 Å². The SMILES string of the molecule is CNC(=O)c1cccc(CNC(C)C(C)(C)C(F)F)c1. The highest BCUT2D eigenvalue weighted by atomic mass is 19.3. The molecule has 1 atom stereocenters.